The molecule has 1 rings (SSSR count). The summed E-state index contributed by atoms with van der Waals surface area (Å²) in [7, 11) is -8.58. The SMILES string of the molecule is Nc1ccc(S(=O)(=O)CCOS(=O)(=O)O)cc1SOOO. The molecular weight excluding hydrogens is 350 g/mol. The second-order valence-corrected chi connectivity index (χ2v) is 7.44. The lowest BCUT2D eigenvalue weighted by Crippen LogP contribution is -2.15. The minimum atomic E-state index is -4.71. The van der Waals surface area contributed by atoms with Crippen LogP contribution in [0.15, 0.2) is 28.0 Å². The van der Waals surface area contributed by atoms with Gasteiger partial charge in [-0.1, -0.05) is 5.04 Å². The number of sulfone groups is 1. The van der Waals surface area contributed by atoms with E-state index in [1.165, 1.54) is 12.1 Å². The summed E-state index contributed by atoms with van der Waals surface area (Å²) in [6.07, 6.45) is 0. The summed E-state index contributed by atoms with van der Waals surface area (Å²) >= 11 is 0.477. The fraction of sp³-hybridized carbons (Fsp3) is 0.250. The Balaban J connectivity index is 2.87. The lowest BCUT2D eigenvalue weighted by molar-refractivity contribution is -0.432. The Morgan fingerprint density at radius 1 is 1.24 bits per heavy atom. The third kappa shape index (κ3) is 6.15. The standard InChI is InChI=1S/C8H11NO9S3/c9-7-2-1-6(5-8(7)19-18-17-10)20(11,12)4-3-16-21(13,14)15/h1-2,5,10H,3-4,9H2,(H,13,14,15). The fourth-order valence-corrected chi connectivity index (χ4v) is 3.23. The number of hydrogen-bond donors (Lipinski definition) is 3. The Hall–Kier alpha value is -0.930. The van der Waals surface area contributed by atoms with Crippen molar-refractivity contribution in [2.75, 3.05) is 18.1 Å². The molecule has 0 spiro atoms. The lowest BCUT2D eigenvalue weighted by Gasteiger charge is -2.07. The molecule has 0 bridgehead atoms. The topological polar surface area (TPSA) is 162 Å². The van der Waals surface area contributed by atoms with Crippen LogP contribution in [0.5, 0.6) is 0 Å². The van der Waals surface area contributed by atoms with E-state index in [1.54, 1.807) is 0 Å². The zero-order valence-electron chi connectivity index (χ0n) is 10.2. The molecule has 0 fully saturated rings. The molecule has 0 saturated heterocycles. The van der Waals surface area contributed by atoms with Crippen molar-refractivity contribution < 1.29 is 40.2 Å². The molecule has 0 aliphatic rings. The Kier molecular flexibility index (Phi) is 6.36. The van der Waals surface area contributed by atoms with Crippen LogP contribution in [0.4, 0.5) is 5.69 Å². The molecule has 1 aromatic carbocycles. The Labute approximate surface area is 124 Å². The highest BCUT2D eigenvalue weighted by molar-refractivity contribution is 7.95. The number of rotatable bonds is 8. The van der Waals surface area contributed by atoms with Crippen molar-refractivity contribution in [1.29, 1.82) is 0 Å². The predicted molar refractivity (Wildman–Crippen MR) is 71.1 cm³/mol. The summed E-state index contributed by atoms with van der Waals surface area (Å²) < 4.78 is 61.0. The molecule has 0 amide bonds. The molecule has 21 heavy (non-hydrogen) atoms. The van der Waals surface area contributed by atoms with E-state index in [1.807, 2.05) is 0 Å². The van der Waals surface area contributed by atoms with E-state index in [4.69, 9.17) is 15.5 Å². The molecule has 13 heteroatoms. The molecule has 0 radical (unpaired) electrons. The molecule has 0 aromatic heterocycles. The summed E-state index contributed by atoms with van der Waals surface area (Å²) in [4.78, 5) is -0.0273. The van der Waals surface area contributed by atoms with Crippen molar-refractivity contribution in [2.24, 2.45) is 0 Å². The first-order valence-electron chi connectivity index (χ1n) is 5.04. The smallest absolute Gasteiger partial charge is 0.397 e. The van der Waals surface area contributed by atoms with E-state index in [2.05, 4.69) is 13.6 Å². The lowest BCUT2D eigenvalue weighted by atomic mass is 10.3. The van der Waals surface area contributed by atoms with Gasteiger partial charge in [-0.15, -0.1) is 4.33 Å². The molecule has 120 valence electrons. The average molecular weight is 361 g/mol. The molecule has 0 aliphatic heterocycles. The summed E-state index contributed by atoms with van der Waals surface area (Å²) in [6, 6.07) is 3.61. The van der Waals surface area contributed by atoms with Crippen LogP contribution < -0.4 is 5.73 Å². The molecule has 4 N–H and O–H groups in total. The van der Waals surface area contributed by atoms with Gasteiger partial charge in [-0.05, 0) is 18.2 Å². The van der Waals surface area contributed by atoms with Gasteiger partial charge in [-0.2, -0.15) is 8.42 Å². The third-order valence-corrected chi connectivity index (χ3v) is 4.89. The van der Waals surface area contributed by atoms with Crippen LogP contribution in [0.2, 0.25) is 0 Å². The second kappa shape index (κ2) is 7.37. The van der Waals surface area contributed by atoms with Gasteiger partial charge >= 0.3 is 10.4 Å². The van der Waals surface area contributed by atoms with Crippen molar-refractivity contribution in [1.82, 2.24) is 0 Å². The molecule has 0 atom stereocenters. The number of nitrogen functional groups attached to an aromatic ring is 1. The predicted octanol–water partition coefficient (Wildman–Crippen LogP) is 0.290. The zero-order valence-corrected chi connectivity index (χ0v) is 12.7. The van der Waals surface area contributed by atoms with E-state index in [0.29, 0.717) is 12.0 Å². The van der Waals surface area contributed by atoms with E-state index in [-0.39, 0.29) is 15.5 Å². The van der Waals surface area contributed by atoms with Gasteiger partial charge in [0.2, 0.25) is 0 Å². The highest BCUT2D eigenvalue weighted by Crippen LogP contribution is 2.28. The summed E-state index contributed by atoms with van der Waals surface area (Å²) in [5.74, 6) is -0.682. The largest absolute Gasteiger partial charge is 0.398 e. The molecule has 0 heterocycles. The van der Waals surface area contributed by atoms with Crippen molar-refractivity contribution >= 4 is 38.0 Å². The number of hydrogen-bond acceptors (Lipinski definition) is 10. The normalized spacial score (nSPS) is 12.5. The van der Waals surface area contributed by atoms with Crippen LogP contribution in [0, 0.1) is 0 Å². The molecule has 10 nitrogen and oxygen atoms in total. The maximum absolute atomic E-state index is 11.9. The monoisotopic (exact) mass is 361 g/mol. The third-order valence-electron chi connectivity index (χ3n) is 2.08. The van der Waals surface area contributed by atoms with Gasteiger partial charge in [-0.25, -0.2) is 17.9 Å². The highest BCUT2D eigenvalue weighted by atomic mass is 32.3. The van der Waals surface area contributed by atoms with Crippen LogP contribution in [0.3, 0.4) is 0 Å². The van der Waals surface area contributed by atoms with E-state index < -0.39 is 32.6 Å². The van der Waals surface area contributed by atoms with Crippen LogP contribution >= 0.6 is 12.0 Å². The van der Waals surface area contributed by atoms with Gasteiger partial charge in [0.1, 0.15) is 0 Å². The molecule has 0 unspecified atom stereocenters. The van der Waals surface area contributed by atoms with Gasteiger partial charge in [0.25, 0.3) is 0 Å². The van der Waals surface area contributed by atoms with Crippen LogP contribution in [0.1, 0.15) is 0 Å². The fourth-order valence-electron chi connectivity index (χ4n) is 1.20. The van der Waals surface area contributed by atoms with E-state index in [0.717, 1.165) is 6.07 Å². The van der Waals surface area contributed by atoms with Gasteiger partial charge in [0.05, 0.1) is 34.2 Å². The Morgan fingerprint density at radius 3 is 2.48 bits per heavy atom. The number of anilines is 1. The molecular formula is C8H11NO9S3. The quantitative estimate of drug-likeness (QED) is 0.192. The summed E-state index contributed by atoms with van der Waals surface area (Å²) in [5.41, 5.74) is 5.73. The Bertz CT molecular complexity index is 685. The molecule has 1 aromatic rings. The molecule has 0 aliphatic carbocycles. The maximum Gasteiger partial charge on any atom is 0.397 e. The summed E-state index contributed by atoms with van der Waals surface area (Å²) in [6.45, 7) is -0.746. The maximum atomic E-state index is 11.9. The van der Waals surface area contributed by atoms with Crippen molar-refractivity contribution in [3.05, 3.63) is 18.2 Å². The zero-order chi connectivity index (χ0) is 16.1. The van der Waals surface area contributed by atoms with Crippen LogP contribution in [0.25, 0.3) is 0 Å². The van der Waals surface area contributed by atoms with E-state index in [9.17, 15) is 16.8 Å². The first-order valence-corrected chi connectivity index (χ1v) is 8.80. The van der Waals surface area contributed by atoms with Gasteiger partial charge in [-0.3, -0.25) is 4.55 Å². The minimum absolute atomic E-state index is 0.154. The van der Waals surface area contributed by atoms with E-state index >= 15 is 0 Å². The van der Waals surface area contributed by atoms with Crippen LogP contribution in [-0.2, 0) is 33.8 Å². The second-order valence-electron chi connectivity index (χ2n) is 3.49. The number of nitrogens with two attached hydrogens (primary N) is 1. The van der Waals surface area contributed by atoms with Crippen molar-refractivity contribution in [3.63, 3.8) is 0 Å². The van der Waals surface area contributed by atoms with Crippen LogP contribution in [-0.4, -0.2) is 39.0 Å². The van der Waals surface area contributed by atoms with Crippen molar-refractivity contribution in [2.45, 2.75) is 9.79 Å². The highest BCUT2D eigenvalue weighted by Gasteiger charge is 2.18. The average Bonchev–Trinajstić information content (AvgIpc) is 2.35. The Morgan fingerprint density at radius 2 is 1.90 bits per heavy atom. The summed E-state index contributed by atoms with van der Waals surface area (Å²) in [5, 5.41) is 11.4. The van der Waals surface area contributed by atoms with Gasteiger partial charge in [0, 0.05) is 5.69 Å². The minimum Gasteiger partial charge on any atom is -0.398 e. The van der Waals surface area contributed by atoms with Crippen molar-refractivity contribution in [3.8, 4) is 0 Å². The first-order chi connectivity index (χ1) is 9.65. The van der Waals surface area contributed by atoms with Gasteiger partial charge in [0.15, 0.2) is 9.84 Å². The number of benzene rings is 1. The first kappa shape index (κ1) is 18.1. The van der Waals surface area contributed by atoms with Gasteiger partial charge < -0.3 is 5.73 Å². The molecule has 0 saturated carbocycles.